The van der Waals surface area contributed by atoms with E-state index < -0.39 is 0 Å². The van der Waals surface area contributed by atoms with Gasteiger partial charge in [-0.25, -0.2) is 9.97 Å². The summed E-state index contributed by atoms with van der Waals surface area (Å²) in [5, 5.41) is 2.99. The number of nitrogens with one attached hydrogen (secondary N) is 1. The second-order valence-electron chi connectivity index (χ2n) is 6.08. The molecule has 0 radical (unpaired) electrons. The van der Waals surface area contributed by atoms with Gasteiger partial charge in [0.1, 0.15) is 11.6 Å². The molecular weight excluding hydrogens is 280 g/mol. The average molecular weight is 304 g/mol. The molecule has 1 saturated carbocycles. The Labute approximate surface area is 131 Å². The molecule has 1 aliphatic carbocycles. The predicted octanol–water partition coefficient (Wildman–Crippen LogP) is 1.43. The van der Waals surface area contributed by atoms with Crippen LogP contribution in [0, 0.1) is 12.8 Å². The maximum atomic E-state index is 12.1. The zero-order chi connectivity index (χ0) is 15.4. The molecule has 1 N–H and O–H groups in total. The number of aromatic nitrogens is 2. The lowest BCUT2D eigenvalue weighted by Gasteiger charge is -2.28. The van der Waals surface area contributed by atoms with Crippen LogP contribution in [-0.4, -0.2) is 42.2 Å². The van der Waals surface area contributed by atoms with Gasteiger partial charge in [0.25, 0.3) is 0 Å². The Balaban J connectivity index is 1.62. The van der Waals surface area contributed by atoms with Crippen LogP contribution in [0.3, 0.4) is 0 Å². The van der Waals surface area contributed by atoms with Crippen LogP contribution in [-0.2, 0) is 16.1 Å². The van der Waals surface area contributed by atoms with Crippen molar-refractivity contribution in [3.8, 4) is 0 Å². The summed E-state index contributed by atoms with van der Waals surface area (Å²) in [5.74, 6) is 1.95. The van der Waals surface area contributed by atoms with E-state index in [-0.39, 0.29) is 11.8 Å². The second kappa shape index (κ2) is 7.05. The number of rotatable bonds is 4. The number of morpholine rings is 1. The van der Waals surface area contributed by atoms with E-state index in [2.05, 4.69) is 20.2 Å². The van der Waals surface area contributed by atoms with Crippen LogP contribution in [0.4, 0.5) is 5.82 Å². The third-order valence-corrected chi connectivity index (χ3v) is 4.37. The minimum Gasteiger partial charge on any atom is -0.378 e. The van der Waals surface area contributed by atoms with E-state index in [9.17, 15) is 4.79 Å². The molecule has 0 bridgehead atoms. The summed E-state index contributed by atoms with van der Waals surface area (Å²) in [4.78, 5) is 23.3. The van der Waals surface area contributed by atoms with Crippen molar-refractivity contribution in [1.82, 2.24) is 15.3 Å². The van der Waals surface area contributed by atoms with Gasteiger partial charge in [0.15, 0.2) is 0 Å². The zero-order valence-corrected chi connectivity index (χ0v) is 13.2. The summed E-state index contributed by atoms with van der Waals surface area (Å²) in [5.41, 5.74) is 0.932. The third-order valence-electron chi connectivity index (χ3n) is 4.37. The smallest absolute Gasteiger partial charge is 0.223 e. The molecule has 0 aromatic carbocycles. The molecule has 2 fully saturated rings. The number of nitrogens with zero attached hydrogens (tertiary/aromatic N) is 3. The summed E-state index contributed by atoms with van der Waals surface area (Å²) in [6.07, 6.45) is 4.36. The van der Waals surface area contributed by atoms with Gasteiger partial charge >= 0.3 is 0 Å². The molecule has 0 atom stereocenters. The van der Waals surface area contributed by atoms with Gasteiger partial charge in [0.2, 0.25) is 5.91 Å². The highest BCUT2D eigenvalue weighted by atomic mass is 16.5. The van der Waals surface area contributed by atoms with E-state index in [1.165, 1.54) is 12.8 Å². The van der Waals surface area contributed by atoms with E-state index in [0.717, 1.165) is 50.7 Å². The molecule has 22 heavy (non-hydrogen) atoms. The molecule has 0 unspecified atom stereocenters. The van der Waals surface area contributed by atoms with Crippen LogP contribution >= 0.6 is 0 Å². The zero-order valence-electron chi connectivity index (χ0n) is 13.2. The van der Waals surface area contributed by atoms with Gasteiger partial charge in [-0.15, -0.1) is 0 Å². The van der Waals surface area contributed by atoms with Crippen molar-refractivity contribution in [3.63, 3.8) is 0 Å². The van der Waals surface area contributed by atoms with Crippen molar-refractivity contribution < 1.29 is 9.53 Å². The van der Waals surface area contributed by atoms with E-state index in [0.29, 0.717) is 12.4 Å². The van der Waals surface area contributed by atoms with Crippen molar-refractivity contribution in [3.05, 3.63) is 17.6 Å². The molecule has 1 aromatic rings. The second-order valence-corrected chi connectivity index (χ2v) is 6.08. The van der Waals surface area contributed by atoms with Crippen molar-refractivity contribution in [2.75, 3.05) is 31.2 Å². The van der Waals surface area contributed by atoms with Crippen molar-refractivity contribution in [2.24, 2.45) is 5.92 Å². The number of aryl methyl sites for hydroxylation is 1. The normalized spacial score (nSPS) is 19.4. The lowest BCUT2D eigenvalue weighted by molar-refractivity contribution is -0.125. The SMILES string of the molecule is Cc1cc(N2CCOCC2)nc(CNC(=O)C2CCCC2)n1. The number of hydrogen-bond donors (Lipinski definition) is 1. The first-order valence-electron chi connectivity index (χ1n) is 8.17. The fraction of sp³-hybridized carbons (Fsp3) is 0.688. The van der Waals surface area contributed by atoms with Crippen molar-refractivity contribution >= 4 is 11.7 Å². The minimum atomic E-state index is 0.149. The molecule has 2 aliphatic rings. The van der Waals surface area contributed by atoms with Crippen LogP contribution in [0.5, 0.6) is 0 Å². The molecule has 6 nitrogen and oxygen atoms in total. The van der Waals surface area contributed by atoms with Crippen LogP contribution in [0.25, 0.3) is 0 Å². The quantitative estimate of drug-likeness (QED) is 0.911. The van der Waals surface area contributed by atoms with Crippen molar-refractivity contribution in [2.45, 2.75) is 39.2 Å². The fourth-order valence-corrected chi connectivity index (χ4v) is 3.14. The van der Waals surface area contributed by atoms with Gasteiger partial charge in [-0.2, -0.15) is 0 Å². The summed E-state index contributed by atoms with van der Waals surface area (Å²) < 4.78 is 5.38. The Kier molecular flexibility index (Phi) is 4.87. The molecule has 0 spiro atoms. The molecule has 1 aromatic heterocycles. The van der Waals surface area contributed by atoms with Gasteiger partial charge in [-0.1, -0.05) is 12.8 Å². The maximum absolute atomic E-state index is 12.1. The molecule has 1 aliphatic heterocycles. The lowest BCUT2D eigenvalue weighted by atomic mass is 10.1. The standard InChI is InChI=1S/C16H24N4O2/c1-12-10-15(20-6-8-22-9-7-20)19-14(18-12)11-17-16(21)13-4-2-3-5-13/h10,13H,2-9,11H2,1H3,(H,17,21). The van der Waals surface area contributed by atoms with Crippen LogP contribution < -0.4 is 10.2 Å². The topological polar surface area (TPSA) is 67.3 Å². The molecule has 3 rings (SSSR count). The Morgan fingerprint density at radius 2 is 2.05 bits per heavy atom. The molecular formula is C16H24N4O2. The number of anilines is 1. The number of carbonyl (C=O) groups is 1. The molecule has 120 valence electrons. The molecule has 1 saturated heterocycles. The van der Waals surface area contributed by atoms with Crippen LogP contribution in [0.1, 0.15) is 37.2 Å². The number of amides is 1. The third kappa shape index (κ3) is 3.74. The van der Waals surface area contributed by atoms with Gasteiger partial charge < -0.3 is 15.0 Å². The summed E-state index contributed by atoms with van der Waals surface area (Å²) >= 11 is 0. The van der Waals surface area contributed by atoms with E-state index in [1.54, 1.807) is 0 Å². The fourth-order valence-electron chi connectivity index (χ4n) is 3.14. The van der Waals surface area contributed by atoms with E-state index in [4.69, 9.17) is 4.74 Å². The first-order valence-corrected chi connectivity index (χ1v) is 8.17. The highest BCUT2D eigenvalue weighted by molar-refractivity contribution is 5.78. The predicted molar refractivity (Wildman–Crippen MR) is 83.6 cm³/mol. The Morgan fingerprint density at radius 3 is 2.77 bits per heavy atom. The van der Waals surface area contributed by atoms with E-state index >= 15 is 0 Å². The van der Waals surface area contributed by atoms with Crippen LogP contribution in [0.2, 0.25) is 0 Å². The first kappa shape index (κ1) is 15.2. The molecule has 1 amide bonds. The molecule has 6 heteroatoms. The van der Waals surface area contributed by atoms with Crippen LogP contribution in [0.15, 0.2) is 6.07 Å². The summed E-state index contributed by atoms with van der Waals surface area (Å²) in [6, 6.07) is 1.99. The lowest BCUT2D eigenvalue weighted by Crippen LogP contribution is -2.37. The Bertz CT molecular complexity index is 523. The van der Waals surface area contributed by atoms with Gasteiger partial charge in [-0.05, 0) is 19.8 Å². The number of hydrogen-bond acceptors (Lipinski definition) is 5. The summed E-state index contributed by atoms with van der Waals surface area (Å²) in [6.45, 7) is 5.55. The Hall–Kier alpha value is -1.69. The van der Waals surface area contributed by atoms with Crippen molar-refractivity contribution in [1.29, 1.82) is 0 Å². The maximum Gasteiger partial charge on any atom is 0.223 e. The highest BCUT2D eigenvalue weighted by Crippen LogP contribution is 2.24. The highest BCUT2D eigenvalue weighted by Gasteiger charge is 2.22. The summed E-state index contributed by atoms with van der Waals surface area (Å²) in [7, 11) is 0. The van der Waals surface area contributed by atoms with Gasteiger partial charge in [-0.3, -0.25) is 4.79 Å². The van der Waals surface area contributed by atoms with E-state index in [1.807, 2.05) is 13.0 Å². The number of carbonyl (C=O) groups excluding carboxylic acids is 1. The Morgan fingerprint density at radius 1 is 1.32 bits per heavy atom. The monoisotopic (exact) mass is 304 g/mol. The minimum absolute atomic E-state index is 0.149. The number of ether oxygens (including phenoxy) is 1. The van der Waals surface area contributed by atoms with Gasteiger partial charge in [0.05, 0.1) is 19.8 Å². The first-order chi connectivity index (χ1) is 10.7. The van der Waals surface area contributed by atoms with Gasteiger partial charge in [0, 0.05) is 30.8 Å². The molecule has 2 heterocycles. The largest absolute Gasteiger partial charge is 0.378 e. The average Bonchev–Trinajstić information content (AvgIpc) is 3.07.